The molecule has 0 amide bonds. The van der Waals surface area contributed by atoms with E-state index < -0.39 is 12.0 Å². The number of hydrogen-bond acceptors (Lipinski definition) is 6. The molecule has 0 aliphatic heterocycles. The molecule has 0 bridgehead atoms. The van der Waals surface area contributed by atoms with Gasteiger partial charge in [-0.3, -0.25) is 0 Å². The molecule has 11 heteroatoms. The molecule has 3 aromatic heterocycles. The lowest BCUT2D eigenvalue weighted by molar-refractivity contribution is -0.144. The molecule has 0 saturated heterocycles. The third kappa shape index (κ3) is 3.01. The zero-order valence-electron chi connectivity index (χ0n) is 13.2. The second-order valence-corrected chi connectivity index (χ2v) is 5.53. The third-order valence-corrected chi connectivity index (χ3v) is 3.32. The fraction of sp³-hybridized carbons (Fsp3) is 0.462. The minimum atomic E-state index is -4.63. The monoisotopic (exact) mass is 340 g/mol. The summed E-state index contributed by atoms with van der Waals surface area (Å²) < 4.78 is 41.3. The molecule has 0 unspecified atom stereocenters. The number of alkyl halides is 3. The quantitative estimate of drug-likeness (QED) is 0.784. The Hall–Kier alpha value is -2.72. The molecule has 0 atom stereocenters. The van der Waals surface area contributed by atoms with Crippen molar-refractivity contribution in [2.75, 3.05) is 5.32 Å². The summed E-state index contributed by atoms with van der Waals surface area (Å²) in [5.41, 5.74) is 0.524. The van der Waals surface area contributed by atoms with Crippen LogP contribution in [0.4, 0.5) is 19.0 Å². The minimum Gasteiger partial charge on any atom is -0.363 e. The maximum atomic E-state index is 12.8. The van der Waals surface area contributed by atoms with E-state index in [9.17, 15) is 13.2 Å². The van der Waals surface area contributed by atoms with Crippen LogP contribution < -0.4 is 5.32 Å². The van der Waals surface area contributed by atoms with Crippen LogP contribution >= 0.6 is 0 Å². The molecule has 24 heavy (non-hydrogen) atoms. The van der Waals surface area contributed by atoms with Crippen molar-refractivity contribution in [2.24, 2.45) is 0 Å². The van der Waals surface area contributed by atoms with Crippen LogP contribution in [-0.2, 0) is 12.7 Å². The first-order chi connectivity index (χ1) is 11.3. The van der Waals surface area contributed by atoms with Crippen LogP contribution in [0.25, 0.3) is 5.78 Å². The minimum absolute atomic E-state index is 0.116. The summed E-state index contributed by atoms with van der Waals surface area (Å²) >= 11 is 0. The molecule has 0 fully saturated rings. The van der Waals surface area contributed by atoms with E-state index in [4.69, 9.17) is 0 Å². The van der Waals surface area contributed by atoms with Crippen molar-refractivity contribution < 1.29 is 13.2 Å². The SMILES string of the molecule is Cc1cc(NCc2nncn2C(C)C)n2nc(C(F)(F)F)nc2n1. The van der Waals surface area contributed by atoms with E-state index in [1.807, 2.05) is 18.4 Å². The van der Waals surface area contributed by atoms with Gasteiger partial charge < -0.3 is 9.88 Å². The Morgan fingerprint density at radius 3 is 2.67 bits per heavy atom. The first kappa shape index (κ1) is 16.1. The second-order valence-electron chi connectivity index (χ2n) is 5.53. The molecule has 0 aromatic carbocycles. The number of halogens is 3. The van der Waals surface area contributed by atoms with Gasteiger partial charge in [-0.1, -0.05) is 0 Å². The summed E-state index contributed by atoms with van der Waals surface area (Å²) in [7, 11) is 0. The fourth-order valence-corrected chi connectivity index (χ4v) is 2.23. The summed E-state index contributed by atoms with van der Waals surface area (Å²) in [4.78, 5) is 7.42. The highest BCUT2D eigenvalue weighted by molar-refractivity contribution is 5.45. The van der Waals surface area contributed by atoms with Crippen LogP contribution in [0.1, 0.15) is 37.2 Å². The van der Waals surface area contributed by atoms with Gasteiger partial charge in [-0.2, -0.15) is 22.7 Å². The summed E-state index contributed by atoms with van der Waals surface area (Å²) in [5.74, 6) is -0.341. The van der Waals surface area contributed by atoms with Crippen molar-refractivity contribution in [1.29, 1.82) is 0 Å². The normalized spacial score (nSPS) is 12.3. The van der Waals surface area contributed by atoms with E-state index in [2.05, 4.69) is 30.6 Å². The van der Waals surface area contributed by atoms with Gasteiger partial charge in [-0.05, 0) is 20.8 Å². The van der Waals surface area contributed by atoms with Crippen molar-refractivity contribution in [3.63, 3.8) is 0 Å². The number of nitrogens with zero attached hydrogens (tertiary/aromatic N) is 7. The topological polar surface area (TPSA) is 85.8 Å². The van der Waals surface area contributed by atoms with E-state index in [0.29, 0.717) is 17.3 Å². The lowest BCUT2D eigenvalue weighted by atomic mass is 10.4. The van der Waals surface area contributed by atoms with Crippen LogP contribution in [0.5, 0.6) is 0 Å². The molecule has 0 radical (unpaired) electrons. The van der Waals surface area contributed by atoms with Crippen LogP contribution in [0, 0.1) is 6.92 Å². The van der Waals surface area contributed by atoms with Crippen LogP contribution in [0.2, 0.25) is 0 Å². The van der Waals surface area contributed by atoms with Gasteiger partial charge in [-0.25, -0.2) is 4.98 Å². The molecule has 0 aliphatic rings. The lowest BCUT2D eigenvalue weighted by Gasteiger charge is -2.12. The average Bonchev–Trinajstić information content (AvgIpc) is 3.10. The van der Waals surface area contributed by atoms with Crippen LogP contribution in [0.15, 0.2) is 12.4 Å². The molecule has 3 heterocycles. The molecule has 3 rings (SSSR count). The maximum absolute atomic E-state index is 12.8. The van der Waals surface area contributed by atoms with Gasteiger partial charge in [0.1, 0.15) is 12.1 Å². The molecule has 8 nitrogen and oxygen atoms in total. The third-order valence-electron chi connectivity index (χ3n) is 3.32. The van der Waals surface area contributed by atoms with E-state index in [1.54, 1.807) is 19.3 Å². The molecule has 3 aromatic rings. The number of aromatic nitrogens is 7. The van der Waals surface area contributed by atoms with Gasteiger partial charge in [-0.15, -0.1) is 15.3 Å². The van der Waals surface area contributed by atoms with E-state index in [0.717, 1.165) is 4.52 Å². The lowest BCUT2D eigenvalue weighted by Crippen LogP contribution is -2.13. The van der Waals surface area contributed by atoms with Crippen molar-refractivity contribution >= 4 is 11.6 Å². The van der Waals surface area contributed by atoms with Crippen LogP contribution in [0.3, 0.4) is 0 Å². The number of fused-ring (bicyclic) bond motifs is 1. The number of nitrogens with one attached hydrogen (secondary N) is 1. The largest absolute Gasteiger partial charge is 0.453 e. The van der Waals surface area contributed by atoms with Gasteiger partial charge in [0.25, 0.3) is 11.6 Å². The zero-order valence-corrected chi connectivity index (χ0v) is 13.2. The van der Waals surface area contributed by atoms with Gasteiger partial charge in [0.15, 0.2) is 5.82 Å². The number of hydrogen-bond donors (Lipinski definition) is 1. The van der Waals surface area contributed by atoms with Gasteiger partial charge in [0.05, 0.1) is 6.54 Å². The molecular formula is C13H15F3N8. The number of anilines is 1. The Morgan fingerprint density at radius 1 is 1.25 bits per heavy atom. The highest BCUT2D eigenvalue weighted by atomic mass is 19.4. The first-order valence-electron chi connectivity index (χ1n) is 7.19. The standard InChI is InChI=1S/C13H15F3N8/c1-7(2)23-6-18-21-10(23)5-17-9-4-8(3)19-12-20-11(13(14,15)16)22-24(9)12/h4,6-7,17H,5H2,1-3H3. The summed E-state index contributed by atoms with van der Waals surface area (Å²) in [5, 5.41) is 14.4. The Morgan fingerprint density at radius 2 is 2.00 bits per heavy atom. The molecule has 0 spiro atoms. The Balaban J connectivity index is 1.94. The van der Waals surface area contributed by atoms with Crippen molar-refractivity contribution in [2.45, 2.75) is 39.5 Å². The molecule has 0 aliphatic carbocycles. The molecule has 128 valence electrons. The Labute approximate surface area is 134 Å². The van der Waals surface area contributed by atoms with E-state index >= 15 is 0 Å². The summed E-state index contributed by atoms with van der Waals surface area (Å²) in [6.07, 6.45) is -3.02. The summed E-state index contributed by atoms with van der Waals surface area (Å²) in [6.45, 7) is 5.91. The molecule has 0 saturated carbocycles. The first-order valence-corrected chi connectivity index (χ1v) is 7.19. The van der Waals surface area contributed by atoms with Gasteiger partial charge >= 0.3 is 6.18 Å². The fourth-order valence-electron chi connectivity index (χ4n) is 2.23. The smallest absolute Gasteiger partial charge is 0.363 e. The highest BCUT2D eigenvalue weighted by Crippen LogP contribution is 2.27. The zero-order chi connectivity index (χ0) is 17.5. The summed E-state index contributed by atoms with van der Waals surface area (Å²) in [6, 6.07) is 1.76. The van der Waals surface area contributed by atoms with Crippen LogP contribution in [-0.4, -0.2) is 34.3 Å². The van der Waals surface area contributed by atoms with E-state index in [1.165, 1.54) is 0 Å². The van der Waals surface area contributed by atoms with Gasteiger partial charge in [0, 0.05) is 17.8 Å². The number of rotatable bonds is 4. The molecule has 1 N–H and O–H groups in total. The van der Waals surface area contributed by atoms with Gasteiger partial charge in [0.2, 0.25) is 0 Å². The van der Waals surface area contributed by atoms with Crippen molar-refractivity contribution in [1.82, 2.24) is 34.3 Å². The second kappa shape index (κ2) is 5.73. The molecular weight excluding hydrogens is 325 g/mol. The highest BCUT2D eigenvalue weighted by Gasteiger charge is 2.36. The Bertz CT molecular complexity index is 864. The average molecular weight is 340 g/mol. The van der Waals surface area contributed by atoms with E-state index in [-0.39, 0.29) is 18.4 Å². The van der Waals surface area contributed by atoms with Crippen molar-refractivity contribution in [3.8, 4) is 0 Å². The predicted molar refractivity (Wildman–Crippen MR) is 78.3 cm³/mol. The number of aryl methyl sites for hydroxylation is 1. The van der Waals surface area contributed by atoms with Crippen molar-refractivity contribution in [3.05, 3.63) is 29.7 Å². The predicted octanol–water partition coefficient (Wildman–Crippen LogP) is 2.24. The Kier molecular flexibility index (Phi) is 3.85. The maximum Gasteiger partial charge on any atom is 0.453 e.